The minimum absolute atomic E-state index is 0.963. The van der Waals surface area contributed by atoms with Gasteiger partial charge >= 0.3 is 0 Å². The van der Waals surface area contributed by atoms with Gasteiger partial charge in [0.2, 0.25) is 0 Å². The molecule has 0 saturated heterocycles. The van der Waals surface area contributed by atoms with Crippen LogP contribution in [0.25, 0.3) is 89.5 Å². The summed E-state index contributed by atoms with van der Waals surface area (Å²) in [5, 5.41) is 0. The molecule has 0 N–H and O–H groups in total. The Bertz CT molecular complexity index is 2540. The van der Waals surface area contributed by atoms with Crippen molar-refractivity contribution >= 4 is 0 Å². The lowest BCUT2D eigenvalue weighted by atomic mass is 9.95. The van der Waals surface area contributed by atoms with Gasteiger partial charge in [-0.25, -0.2) is 9.97 Å². The molecule has 2 aromatic heterocycles. The molecule has 0 atom stereocenters. The zero-order valence-corrected chi connectivity index (χ0v) is 29.7. The van der Waals surface area contributed by atoms with Crippen molar-refractivity contribution in [2.45, 2.75) is 0 Å². The van der Waals surface area contributed by atoms with Gasteiger partial charge in [0.25, 0.3) is 0 Å². The summed E-state index contributed by atoms with van der Waals surface area (Å²) >= 11 is 0. The summed E-state index contributed by atoms with van der Waals surface area (Å²) < 4.78 is 0. The van der Waals surface area contributed by atoms with Crippen molar-refractivity contribution in [3.05, 3.63) is 218 Å². The summed E-state index contributed by atoms with van der Waals surface area (Å²) in [5.74, 6) is 0. The molecule has 2 nitrogen and oxygen atoms in total. The molecule has 9 aromatic rings. The molecule has 0 unspecified atom stereocenters. The molecule has 0 spiro atoms. The molecule has 0 bridgehead atoms. The average Bonchev–Trinajstić information content (AvgIpc) is 3.27. The van der Waals surface area contributed by atoms with Crippen molar-refractivity contribution in [1.29, 1.82) is 0 Å². The van der Waals surface area contributed by atoms with Crippen LogP contribution in [0.1, 0.15) is 0 Å². The van der Waals surface area contributed by atoms with Crippen LogP contribution in [0, 0.1) is 0 Å². The van der Waals surface area contributed by atoms with E-state index in [4.69, 9.17) is 9.97 Å². The third-order valence-corrected chi connectivity index (χ3v) is 9.89. The number of aromatic nitrogens is 2. The van der Waals surface area contributed by atoms with Crippen LogP contribution < -0.4 is 0 Å². The molecule has 54 heavy (non-hydrogen) atoms. The van der Waals surface area contributed by atoms with E-state index in [0.717, 1.165) is 67.3 Å². The molecule has 2 heteroatoms. The van der Waals surface area contributed by atoms with Crippen LogP contribution in [-0.4, -0.2) is 9.97 Å². The zero-order chi connectivity index (χ0) is 36.1. The molecule has 0 radical (unpaired) electrons. The van der Waals surface area contributed by atoms with E-state index >= 15 is 0 Å². The summed E-state index contributed by atoms with van der Waals surface area (Å²) in [7, 11) is 0. The third kappa shape index (κ3) is 7.01. The van der Waals surface area contributed by atoms with Crippen molar-refractivity contribution in [2.75, 3.05) is 0 Å². The highest BCUT2D eigenvalue weighted by atomic mass is 14.7. The fraction of sp³-hybridized carbons (Fsp3) is 0. The van der Waals surface area contributed by atoms with Crippen LogP contribution in [0.15, 0.2) is 218 Å². The standard InChI is InChI=1S/C52H36N2/c1-5-14-41(15-6-1)49-33-47(34-50(53-49)42-16-7-2-8-17-42)40-30-26-38(27-31-40)37-24-28-39(29-25-37)45-22-13-23-46(32-45)48-35-51(43-18-9-3-10-19-43)54-52(36-48)44-20-11-4-12-21-44/h1-36H. The summed E-state index contributed by atoms with van der Waals surface area (Å²) in [5.41, 5.74) is 17.6. The molecular formula is C52H36N2. The van der Waals surface area contributed by atoms with Gasteiger partial charge in [0, 0.05) is 22.3 Å². The molecule has 2 heterocycles. The monoisotopic (exact) mass is 688 g/mol. The first-order chi connectivity index (χ1) is 26.7. The normalized spacial score (nSPS) is 11.0. The quantitative estimate of drug-likeness (QED) is 0.159. The number of hydrogen-bond acceptors (Lipinski definition) is 2. The van der Waals surface area contributed by atoms with Crippen molar-refractivity contribution in [2.24, 2.45) is 0 Å². The van der Waals surface area contributed by atoms with Crippen molar-refractivity contribution in [1.82, 2.24) is 9.97 Å². The fourth-order valence-electron chi connectivity index (χ4n) is 7.01. The second-order valence-electron chi connectivity index (χ2n) is 13.5. The van der Waals surface area contributed by atoms with Crippen LogP contribution in [0.2, 0.25) is 0 Å². The van der Waals surface area contributed by atoms with Gasteiger partial charge in [0.1, 0.15) is 0 Å². The van der Waals surface area contributed by atoms with Gasteiger partial charge in [-0.2, -0.15) is 0 Å². The zero-order valence-electron chi connectivity index (χ0n) is 29.7. The molecule has 7 aromatic carbocycles. The van der Waals surface area contributed by atoms with Crippen molar-refractivity contribution in [3.8, 4) is 89.5 Å². The van der Waals surface area contributed by atoms with E-state index in [2.05, 4.69) is 194 Å². The van der Waals surface area contributed by atoms with Gasteiger partial charge in [0.15, 0.2) is 0 Å². The van der Waals surface area contributed by atoms with Gasteiger partial charge in [0.05, 0.1) is 22.8 Å². The molecule has 0 fully saturated rings. The lowest BCUT2D eigenvalue weighted by Crippen LogP contribution is -1.91. The number of nitrogens with zero attached hydrogens (tertiary/aromatic N) is 2. The van der Waals surface area contributed by atoms with E-state index in [1.807, 2.05) is 24.3 Å². The first kappa shape index (κ1) is 32.7. The second-order valence-corrected chi connectivity index (χ2v) is 13.5. The molecule has 9 rings (SSSR count). The molecule has 0 saturated carbocycles. The SMILES string of the molecule is c1ccc(-c2cc(-c3ccc(-c4ccc(-c5cccc(-c6cc(-c7ccccc7)nc(-c7ccccc7)c6)c5)cc4)cc3)cc(-c3ccccc3)n2)cc1. The predicted octanol–water partition coefficient (Wildman–Crippen LogP) is 13.8. The molecule has 0 aliphatic rings. The molecule has 254 valence electrons. The highest BCUT2D eigenvalue weighted by molar-refractivity contribution is 5.81. The lowest BCUT2D eigenvalue weighted by Gasteiger charge is -2.12. The smallest absolute Gasteiger partial charge is 0.0715 e. The van der Waals surface area contributed by atoms with Crippen LogP contribution in [0.3, 0.4) is 0 Å². The average molecular weight is 689 g/mol. The van der Waals surface area contributed by atoms with Gasteiger partial charge in [-0.05, 0) is 74.8 Å². The highest BCUT2D eigenvalue weighted by Crippen LogP contribution is 2.35. The van der Waals surface area contributed by atoms with E-state index in [1.165, 1.54) is 22.3 Å². The molecule has 0 aliphatic carbocycles. The Morgan fingerprint density at radius 3 is 0.741 bits per heavy atom. The maximum absolute atomic E-state index is 5.07. The van der Waals surface area contributed by atoms with E-state index in [-0.39, 0.29) is 0 Å². The summed E-state index contributed by atoms with van der Waals surface area (Å²) in [6, 6.07) is 77.0. The maximum Gasteiger partial charge on any atom is 0.0715 e. The summed E-state index contributed by atoms with van der Waals surface area (Å²) in [6.45, 7) is 0. The van der Waals surface area contributed by atoms with E-state index in [1.54, 1.807) is 0 Å². The van der Waals surface area contributed by atoms with Gasteiger partial charge in [-0.15, -0.1) is 0 Å². The maximum atomic E-state index is 5.07. The lowest BCUT2D eigenvalue weighted by molar-refractivity contribution is 1.32. The number of rotatable bonds is 8. The van der Waals surface area contributed by atoms with Crippen molar-refractivity contribution in [3.63, 3.8) is 0 Å². The minimum Gasteiger partial charge on any atom is -0.248 e. The fourth-order valence-corrected chi connectivity index (χ4v) is 7.01. The van der Waals surface area contributed by atoms with Gasteiger partial charge in [-0.3, -0.25) is 0 Å². The Hall–Kier alpha value is -7.16. The minimum atomic E-state index is 0.963. The van der Waals surface area contributed by atoms with E-state index in [9.17, 15) is 0 Å². The molecule has 0 aliphatic heterocycles. The first-order valence-corrected chi connectivity index (χ1v) is 18.3. The largest absolute Gasteiger partial charge is 0.248 e. The van der Waals surface area contributed by atoms with Gasteiger partial charge in [-0.1, -0.05) is 188 Å². The Balaban J connectivity index is 1.00. The van der Waals surface area contributed by atoms with Crippen molar-refractivity contribution < 1.29 is 0 Å². The predicted molar refractivity (Wildman–Crippen MR) is 226 cm³/mol. The topological polar surface area (TPSA) is 25.8 Å². The van der Waals surface area contributed by atoms with E-state index in [0.29, 0.717) is 0 Å². The van der Waals surface area contributed by atoms with Crippen LogP contribution >= 0.6 is 0 Å². The summed E-state index contributed by atoms with van der Waals surface area (Å²) in [4.78, 5) is 10.1. The number of pyridine rings is 2. The second kappa shape index (κ2) is 14.8. The molecular weight excluding hydrogens is 653 g/mol. The Labute approximate surface area is 316 Å². The molecule has 0 amide bonds. The number of benzene rings is 7. The Kier molecular flexibility index (Phi) is 8.99. The van der Waals surface area contributed by atoms with Crippen LogP contribution in [-0.2, 0) is 0 Å². The first-order valence-electron chi connectivity index (χ1n) is 18.3. The van der Waals surface area contributed by atoms with Gasteiger partial charge < -0.3 is 0 Å². The number of hydrogen-bond donors (Lipinski definition) is 0. The van der Waals surface area contributed by atoms with Crippen LogP contribution in [0.4, 0.5) is 0 Å². The highest BCUT2D eigenvalue weighted by Gasteiger charge is 2.12. The third-order valence-electron chi connectivity index (χ3n) is 9.89. The summed E-state index contributed by atoms with van der Waals surface area (Å²) in [6.07, 6.45) is 0. The Morgan fingerprint density at radius 1 is 0.167 bits per heavy atom. The van der Waals surface area contributed by atoms with E-state index < -0.39 is 0 Å². The Morgan fingerprint density at radius 2 is 0.407 bits per heavy atom. The van der Waals surface area contributed by atoms with Crippen LogP contribution in [0.5, 0.6) is 0 Å².